The second-order valence-corrected chi connectivity index (χ2v) is 4.29. The van der Waals surface area contributed by atoms with Gasteiger partial charge in [-0.3, -0.25) is 0 Å². The third-order valence-corrected chi connectivity index (χ3v) is 3.12. The van der Waals surface area contributed by atoms with E-state index in [1.807, 2.05) is 19.1 Å². The first-order valence-corrected chi connectivity index (χ1v) is 5.55. The lowest BCUT2D eigenvalue weighted by Crippen LogP contribution is -1.96. The number of nitrogens with two attached hydrogens (primary N) is 1. The highest BCUT2D eigenvalue weighted by Gasteiger charge is 2.11. The van der Waals surface area contributed by atoms with Crippen molar-refractivity contribution in [3.8, 4) is 11.1 Å². The van der Waals surface area contributed by atoms with Crippen LogP contribution in [0.15, 0.2) is 28.9 Å². The Balaban J connectivity index is 2.60. The van der Waals surface area contributed by atoms with Crippen LogP contribution in [0.2, 0.25) is 5.02 Å². The summed E-state index contributed by atoms with van der Waals surface area (Å²) in [4.78, 5) is 0. The van der Waals surface area contributed by atoms with E-state index in [4.69, 9.17) is 21.8 Å². The van der Waals surface area contributed by atoms with Crippen LogP contribution >= 0.6 is 11.6 Å². The molecule has 2 nitrogen and oxygen atoms in total. The molecule has 0 radical (unpaired) electrons. The van der Waals surface area contributed by atoms with E-state index in [2.05, 4.69) is 13.0 Å². The molecule has 16 heavy (non-hydrogen) atoms. The topological polar surface area (TPSA) is 39.2 Å². The number of halogens is 1. The fourth-order valence-electron chi connectivity index (χ4n) is 1.73. The number of furan rings is 1. The maximum Gasteiger partial charge on any atom is 0.125 e. The van der Waals surface area contributed by atoms with E-state index in [-0.39, 0.29) is 0 Å². The number of aryl methyl sites for hydroxylation is 2. The second-order valence-electron chi connectivity index (χ2n) is 3.88. The lowest BCUT2D eigenvalue weighted by atomic mass is 10.0. The van der Waals surface area contributed by atoms with Crippen molar-refractivity contribution in [3.63, 3.8) is 0 Å². The van der Waals surface area contributed by atoms with Gasteiger partial charge in [0.2, 0.25) is 0 Å². The molecule has 2 N–H and O–H groups in total. The van der Waals surface area contributed by atoms with Gasteiger partial charge in [-0.05, 0) is 43.2 Å². The fourth-order valence-corrected chi connectivity index (χ4v) is 2.05. The van der Waals surface area contributed by atoms with Crippen LogP contribution in [-0.4, -0.2) is 0 Å². The molecule has 0 bridgehead atoms. The third kappa shape index (κ3) is 1.86. The molecule has 0 fully saturated rings. The molecule has 2 aromatic rings. The molecule has 1 heterocycles. The van der Waals surface area contributed by atoms with Gasteiger partial charge in [0.1, 0.15) is 5.76 Å². The predicted molar refractivity (Wildman–Crippen MR) is 66.5 cm³/mol. The number of benzene rings is 1. The van der Waals surface area contributed by atoms with E-state index in [0.29, 0.717) is 6.54 Å². The molecule has 0 aliphatic heterocycles. The first-order chi connectivity index (χ1) is 7.63. The fraction of sp³-hybridized carbons (Fsp3) is 0.231. The third-order valence-electron chi connectivity index (χ3n) is 2.80. The summed E-state index contributed by atoms with van der Waals surface area (Å²) in [5, 5.41) is 0.735. The maximum absolute atomic E-state index is 6.24. The van der Waals surface area contributed by atoms with Crippen molar-refractivity contribution < 1.29 is 4.42 Å². The van der Waals surface area contributed by atoms with Gasteiger partial charge in [0.05, 0.1) is 12.8 Å². The summed E-state index contributed by atoms with van der Waals surface area (Å²) in [6.45, 7) is 4.49. The van der Waals surface area contributed by atoms with E-state index in [9.17, 15) is 0 Å². The molecule has 0 atom stereocenters. The Morgan fingerprint density at radius 3 is 2.56 bits per heavy atom. The second kappa shape index (κ2) is 4.32. The van der Waals surface area contributed by atoms with Gasteiger partial charge in [-0.1, -0.05) is 11.6 Å². The van der Waals surface area contributed by atoms with Gasteiger partial charge in [-0.15, -0.1) is 0 Å². The Bertz CT molecular complexity index is 517. The smallest absolute Gasteiger partial charge is 0.125 e. The van der Waals surface area contributed by atoms with Gasteiger partial charge in [-0.25, -0.2) is 0 Å². The monoisotopic (exact) mass is 235 g/mol. The highest BCUT2D eigenvalue weighted by Crippen LogP contribution is 2.33. The van der Waals surface area contributed by atoms with E-state index in [0.717, 1.165) is 21.9 Å². The van der Waals surface area contributed by atoms with Crippen molar-refractivity contribution in [2.75, 3.05) is 0 Å². The van der Waals surface area contributed by atoms with Gasteiger partial charge in [-0.2, -0.15) is 0 Å². The van der Waals surface area contributed by atoms with E-state index >= 15 is 0 Å². The van der Waals surface area contributed by atoms with Gasteiger partial charge < -0.3 is 10.2 Å². The van der Waals surface area contributed by atoms with Crippen molar-refractivity contribution in [3.05, 3.63) is 46.4 Å². The molecule has 0 saturated heterocycles. The minimum Gasteiger partial charge on any atom is -0.467 e. The molecular formula is C13H14ClNO. The van der Waals surface area contributed by atoms with Crippen molar-refractivity contribution in [2.45, 2.75) is 20.4 Å². The summed E-state index contributed by atoms with van der Waals surface area (Å²) in [5.74, 6) is 0.769. The normalized spacial score (nSPS) is 10.8. The van der Waals surface area contributed by atoms with Crippen molar-refractivity contribution >= 4 is 11.6 Å². The number of hydrogen-bond acceptors (Lipinski definition) is 2. The Kier molecular flexibility index (Phi) is 3.03. The predicted octanol–water partition coefficient (Wildman–Crippen LogP) is 3.68. The summed E-state index contributed by atoms with van der Waals surface area (Å²) in [7, 11) is 0. The van der Waals surface area contributed by atoms with Gasteiger partial charge in [0, 0.05) is 16.1 Å². The molecular weight excluding hydrogens is 222 g/mol. The zero-order valence-corrected chi connectivity index (χ0v) is 10.1. The molecule has 84 valence electrons. The van der Waals surface area contributed by atoms with E-state index in [1.54, 1.807) is 6.26 Å². The van der Waals surface area contributed by atoms with Crippen LogP contribution in [0.5, 0.6) is 0 Å². The average molecular weight is 236 g/mol. The largest absolute Gasteiger partial charge is 0.467 e. The molecule has 1 aromatic heterocycles. The number of hydrogen-bond donors (Lipinski definition) is 1. The van der Waals surface area contributed by atoms with Crippen molar-refractivity contribution in [1.82, 2.24) is 0 Å². The Labute approximate surface area is 100 Å². The first kappa shape index (κ1) is 11.2. The molecule has 0 aliphatic rings. The summed E-state index contributed by atoms with van der Waals surface area (Å²) in [5.41, 5.74) is 9.98. The molecule has 3 heteroatoms. The lowest BCUT2D eigenvalue weighted by Gasteiger charge is -2.08. The van der Waals surface area contributed by atoms with Crippen LogP contribution in [0.25, 0.3) is 11.1 Å². The standard InChI is InChI=1S/C13H14ClNO/c1-8-5-11(12(14)6-9(8)2)10-3-4-16-13(10)7-15/h3-6H,7,15H2,1-2H3. The summed E-state index contributed by atoms with van der Waals surface area (Å²) in [6.07, 6.45) is 1.64. The van der Waals surface area contributed by atoms with Crippen molar-refractivity contribution in [1.29, 1.82) is 0 Å². The lowest BCUT2D eigenvalue weighted by molar-refractivity contribution is 0.513. The first-order valence-electron chi connectivity index (χ1n) is 5.17. The van der Waals surface area contributed by atoms with Crippen LogP contribution in [0, 0.1) is 13.8 Å². The van der Waals surface area contributed by atoms with Gasteiger partial charge in [0.25, 0.3) is 0 Å². The highest BCUT2D eigenvalue weighted by atomic mass is 35.5. The maximum atomic E-state index is 6.24. The molecule has 0 aliphatic carbocycles. The molecule has 0 unspecified atom stereocenters. The Morgan fingerprint density at radius 2 is 1.88 bits per heavy atom. The SMILES string of the molecule is Cc1cc(Cl)c(-c2ccoc2CN)cc1C. The minimum absolute atomic E-state index is 0.381. The van der Waals surface area contributed by atoms with E-state index < -0.39 is 0 Å². The van der Waals surface area contributed by atoms with Gasteiger partial charge >= 0.3 is 0 Å². The van der Waals surface area contributed by atoms with Crippen LogP contribution in [0.4, 0.5) is 0 Å². The zero-order valence-electron chi connectivity index (χ0n) is 9.38. The molecule has 2 rings (SSSR count). The minimum atomic E-state index is 0.381. The molecule has 1 aromatic carbocycles. The highest BCUT2D eigenvalue weighted by molar-refractivity contribution is 6.33. The summed E-state index contributed by atoms with van der Waals surface area (Å²) < 4.78 is 5.31. The number of rotatable bonds is 2. The zero-order chi connectivity index (χ0) is 11.7. The van der Waals surface area contributed by atoms with Gasteiger partial charge in [0.15, 0.2) is 0 Å². The van der Waals surface area contributed by atoms with E-state index in [1.165, 1.54) is 11.1 Å². The van der Waals surface area contributed by atoms with Crippen LogP contribution < -0.4 is 5.73 Å². The van der Waals surface area contributed by atoms with Crippen LogP contribution in [0.1, 0.15) is 16.9 Å². The quantitative estimate of drug-likeness (QED) is 0.863. The molecule has 0 amide bonds. The molecule has 0 saturated carbocycles. The van der Waals surface area contributed by atoms with Crippen molar-refractivity contribution in [2.24, 2.45) is 5.73 Å². The summed E-state index contributed by atoms with van der Waals surface area (Å²) in [6, 6.07) is 5.94. The Morgan fingerprint density at radius 1 is 1.19 bits per heavy atom. The van der Waals surface area contributed by atoms with Crippen LogP contribution in [0.3, 0.4) is 0 Å². The summed E-state index contributed by atoms with van der Waals surface area (Å²) >= 11 is 6.24. The average Bonchev–Trinajstić information content (AvgIpc) is 2.71. The Hall–Kier alpha value is -1.25. The molecule has 0 spiro atoms. The van der Waals surface area contributed by atoms with Crippen LogP contribution in [-0.2, 0) is 6.54 Å².